The van der Waals surface area contributed by atoms with Crippen molar-refractivity contribution in [2.24, 2.45) is 0 Å². The quantitative estimate of drug-likeness (QED) is 0.720. The molecule has 0 atom stereocenters. The highest BCUT2D eigenvalue weighted by Crippen LogP contribution is 2.24. The van der Waals surface area contributed by atoms with Gasteiger partial charge in [-0.1, -0.05) is 23.7 Å². The van der Waals surface area contributed by atoms with Crippen LogP contribution in [0.15, 0.2) is 46.9 Å². The summed E-state index contributed by atoms with van der Waals surface area (Å²) >= 11 is 5.99. The van der Waals surface area contributed by atoms with Crippen LogP contribution in [-0.2, 0) is 6.54 Å². The smallest absolute Gasteiger partial charge is 0.322 e. The SMILES string of the molecule is COc1ccccc1NC(=O)N1CCN(Cc2nc3ccc(Cl)cc3o2)CC1. The molecule has 1 aliphatic rings. The third kappa shape index (κ3) is 4.05. The van der Waals surface area contributed by atoms with Gasteiger partial charge in [0.1, 0.15) is 11.3 Å². The fourth-order valence-electron chi connectivity index (χ4n) is 3.26. The normalized spacial score (nSPS) is 15.0. The Morgan fingerprint density at radius 3 is 2.79 bits per heavy atom. The number of ether oxygens (including phenoxy) is 1. The number of halogens is 1. The molecule has 4 rings (SSSR count). The number of oxazole rings is 1. The van der Waals surface area contributed by atoms with E-state index in [4.69, 9.17) is 20.8 Å². The minimum absolute atomic E-state index is 0.124. The molecule has 28 heavy (non-hydrogen) atoms. The van der Waals surface area contributed by atoms with E-state index in [1.54, 1.807) is 24.1 Å². The predicted molar refractivity (Wildman–Crippen MR) is 108 cm³/mol. The van der Waals surface area contributed by atoms with Crippen molar-refractivity contribution in [3.63, 3.8) is 0 Å². The third-order valence-corrected chi connectivity index (χ3v) is 5.00. The number of aromatic nitrogens is 1. The number of anilines is 1. The Bertz CT molecular complexity index is 982. The van der Waals surface area contributed by atoms with Gasteiger partial charge in [0.05, 0.1) is 19.3 Å². The summed E-state index contributed by atoms with van der Waals surface area (Å²) in [5.41, 5.74) is 2.16. The summed E-state index contributed by atoms with van der Waals surface area (Å²) in [6.07, 6.45) is 0. The fraction of sp³-hybridized carbons (Fsp3) is 0.300. The third-order valence-electron chi connectivity index (χ3n) is 4.76. The number of hydrogen-bond donors (Lipinski definition) is 1. The number of rotatable bonds is 4. The van der Waals surface area contributed by atoms with Crippen LogP contribution in [0, 0.1) is 0 Å². The maximum atomic E-state index is 12.5. The molecule has 0 radical (unpaired) electrons. The van der Waals surface area contributed by atoms with Crippen LogP contribution in [0.4, 0.5) is 10.5 Å². The molecule has 7 nitrogen and oxygen atoms in total. The second-order valence-electron chi connectivity index (χ2n) is 6.61. The summed E-state index contributed by atoms with van der Waals surface area (Å²) < 4.78 is 11.1. The number of hydrogen-bond acceptors (Lipinski definition) is 5. The zero-order valence-corrected chi connectivity index (χ0v) is 16.3. The number of carbonyl (C=O) groups excluding carboxylic acids is 1. The summed E-state index contributed by atoms with van der Waals surface area (Å²) in [5.74, 6) is 1.30. The van der Waals surface area contributed by atoms with Gasteiger partial charge in [-0.25, -0.2) is 9.78 Å². The van der Waals surface area contributed by atoms with Crippen molar-refractivity contribution in [3.8, 4) is 5.75 Å². The van der Waals surface area contributed by atoms with Crippen LogP contribution in [0.3, 0.4) is 0 Å². The molecular formula is C20H21ClN4O3. The molecule has 8 heteroatoms. The number of fused-ring (bicyclic) bond motifs is 1. The molecule has 0 unspecified atom stereocenters. The molecule has 0 bridgehead atoms. The number of nitrogens with zero attached hydrogens (tertiary/aromatic N) is 3. The Morgan fingerprint density at radius 2 is 2.00 bits per heavy atom. The average Bonchev–Trinajstić information content (AvgIpc) is 3.10. The Morgan fingerprint density at radius 1 is 1.21 bits per heavy atom. The van der Waals surface area contributed by atoms with E-state index in [-0.39, 0.29) is 6.03 Å². The monoisotopic (exact) mass is 400 g/mol. The molecular weight excluding hydrogens is 380 g/mol. The Kier molecular flexibility index (Phi) is 5.36. The molecule has 2 heterocycles. The molecule has 0 aliphatic carbocycles. The van der Waals surface area contributed by atoms with Gasteiger partial charge in [0.15, 0.2) is 5.58 Å². The van der Waals surface area contributed by atoms with Crippen LogP contribution < -0.4 is 10.1 Å². The predicted octanol–water partition coefficient (Wildman–Crippen LogP) is 3.84. The minimum atomic E-state index is -0.124. The van der Waals surface area contributed by atoms with E-state index in [0.29, 0.717) is 47.6 Å². The van der Waals surface area contributed by atoms with Crippen molar-refractivity contribution in [1.29, 1.82) is 0 Å². The number of nitrogens with one attached hydrogen (secondary N) is 1. The highest BCUT2D eigenvalue weighted by atomic mass is 35.5. The Balaban J connectivity index is 1.33. The van der Waals surface area contributed by atoms with E-state index >= 15 is 0 Å². The van der Waals surface area contributed by atoms with E-state index in [2.05, 4.69) is 15.2 Å². The lowest BCUT2D eigenvalue weighted by Gasteiger charge is -2.34. The first-order valence-corrected chi connectivity index (χ1v) is 9.46. The van der Waals surface area contributed by atoms with Gasteiger partial charge in [-0.15, -0.1) is 0 Å². The lowest BCUT2D eigenvalue weighted by molar-refractivity contribution is 0.136. The maximum absolute atomic E-state index is 12.5. The lowest BCUT2D eigenvalue weighted by atomic mass is 10.3. The van der Waals surface area contributed by atoms with Crippen LogP contribution in [0.5, 0.6) is 5.75 Å². The number of urea groups is 1. The highest BCUT2D eigenvalue weighted by Gasteiger charge is 2.23. The molecule has 0 spiro atoms. The van der Waals surface area contributed by atoms with Crippen molar-refractivity contribution in [1.82, 2.24) is 14.8 Å². The van der Waals surface area contributed by atoms with Gasteiger partial charge in [0, 0.05) is 37.3 Å². The number of para-hydroxylation sites is 2. The van der Waals surface area contributed by atoms with Crippen molar-refractivity contribution >= 4 is 34.4 Å². The summed E-state index contributed by atoms with van der Waals surface area (Å²) in [4.78, 5) is 21.1. The van der Waals surface area contributed by atoms with Gasteiger partial charge < -0.3 is 19.4 Å². The second-order valence-corrected chi connectivity index (χ2v) is 7.05. The van der Waals surface area contributed by atoms with Gasteiger partial charge in [-0.05, 0) is 24.3 Å². The zero-order chi connectivity index (χ0) is 19.5. The first kappa shape index (κ1) is 18.6. The molecule has 146 valence electrons. The molecule has 2 amide bonds. The second kappa shape index (κ2) is 8.08. The first-order chi connectivity index (χ1) is 13.6. The number of methoxy groups -OCH3 is 1. The molecule has 1 aromatic heterocycles. The van der Waals surface area contributed by atoms with E-state index < -0.39 is 0 Å². The standard InChI is InChI=1S/C20H21ClN4O3/c1-27-17-5-3-2-4-15(17)23-20(26)25-10-8-24(9-11-25)13-19-22-16-7-6-14(21)12-18(16)28-19/h2-7,12H,8-11,13H2,1H3,(H,23,26). The van der Waals surface area contributed by atoms with Gasteiger partial charge in [-0.2, -0.15) is 0 Å². The van der Waals surface area contributed by atoms with Crippen molar-refractivity contribution in [2.75, 3.05) is 38.6 Å². The van der Waals surface area contributed by atoms with E-state index in [1.165, 1.54) is 0 Å². The molecule has 1 saturated heterocycles. The zero-order valence-electron chi connectivity index (χ0n) is 15.5. The number of amides is 2. The topological polar surface area (TPSA) is 70.8 Å². The van der Waals surface area contributed by atoms with E-state index in [9.17, 15) is 4.79 Å². The molecule has 1 fully saturated rings. The summed E-state index contributed by atoms with van der Waals surface area (Å²) in [5, 5.41) is 3.55. The van der Waals surface area contributed by atoms with Crippen LogP contribution in [0.25, 0.3) is 11.1 Å². The Hall–Kier alpha value is -2.77. The van der Waals surface area contributed by atoms with Crippen LogP contribution in [0.1, 0.15) is 5.89 Å². The van der Waals surface area contributed by atoms with Gasteiger partial charge in [-0.3, -0.25) is 4.90 Å². The van der Waals surface area contributed by atoms with E-state index in [0.717, 1.165) is 18.6 Å². The van der Waals surface area contributed by atoms with Gasteiger partial charge in [0.2, 0.25) is 5.89 Å². The van der Waals surface area contributed by atoms with Crippen molar-refractivity contribution in [2.45, 2.75) is 6.54 Å². The highest BCUT2D eigenvalue weighted by molar-refractivity contribution is 6.31. The molecule has 1 N–H and O–H groups in total. The number of carbonyl (C=O) groups is 1. The lowest BCUT2D eigenvalue weighted by Crippen LogP contribution is -2.49. The van der Waals surface area contributed by atoms with Crippen molar-refractivity contribution in [3.05, 3.63) is 53.4 Å². The van der Waals surface area contributed by atoms with Crippen LogP contribution in [-0.4, -0.2) is 54.1 Å². The number of piperazine rings is 1. The first-order valence-electron chi connectivity index (χ1n) is 9.08. The molecule has 1 aliphatic heterocycles. The molecule has 3 aromatic rings. The fourth-order valence-corrected chi connectivity index (χ4v) is 3.42. The maximum Gasteiger partial charge on any atom is 0.322 e. The summed E-state index contributed by atoms with van der Waals surface area (Å²) in [6, 6.07) is 12.7. The van der Waals surface area contributed by atoms with Crippen LogP contribution >= 0.6 is 11.6 Å². The van der Waals surface area contributed by atoms with Crippen molar-refractivity contribution < 1.29 is 13.9 Å². The molecule has 0 saturated carbocycles. The largest absolute Gasteiger partial charge is 0.495 e. The minimum Gasteiger partial charge on any atom is -0.495 e. The van der Waals surface area contributed by atoms with Crippen LogP contribution in [0.2, 0.25) is 5.02 Å². The summed E-state index contributed by atoms with van der Waals surface area (Å²) in [6.45, 7) is 3.37. The molecule has 2 aromatic carbocycles. The number of benzene rings is 2. The summed E-state index contributed by atoms with van der Waals surface area (Å²) in [7, 11) is 1.59. The average molecular weight is 401 g/mol. The van der Waals surface area contributed by atoms with Gasteiger partial charge in [0.25, 0.3) is 0 Å². The Labute approximate surface area is 167 Å². The van der Waals surface area contributed by atoms with E-state index in [1.807, 2.05) is 30.3 Å². The van der Waals surface area contributed by atoms with Gasteiger partial charge >= 0.3 is 6.03 Å².